The molecule has 1 aromatic carbocycles. The lowest BCUT2D eigenvalue weighted by Gasteiger charge is -2.07. The second kappa shape index (κ2) is 9.19. The number of rotatable bonds is 9. The van der Waals surface area contributed by atoms with Crippen molar-refractivity contribution in [2.24, 2.45) is 0 Å². The molecule has 1 aromatic rings. The van der Waals surface area contributed by atoms with Crippen LogP contribution in [0.1, 0.15) is 13.3 Å². The second-order valence-electron chi connectivity index (χ2n) is 3.39. The van der Waals surface area contributed by atoms with Crippen LogP contribution in [0.5, 0.6) is 5.75 Å². The van der Waals surface area contributed by atoms with E-state index in [0.29, 0.717) is 6.61 Å². The van der Waals surface area contributed by atoms with Gasteiger partial charge < -0.3 is 14.8 Å². The number of hydrogen-bond donors (Lipinski definition) is 1. The van der Waals surface area contributed by atoms with E-state index in [1.54, 1.807) is 0 Å². The van der Waals surface area contributed by atoms with Crippen LogP contribution in [-0.4, -0.2) is 32.9 Å². The van der Waals surface area contributed by atoms with E-state index >= 15 is 0 Å². The molecule has 1 N–H and O–H groups in total. The maximum atomic E-state index is 5.51. The largest absolute Gasteiger partial charge is 0.492 e. The normalized spacial score (nSPS) is 10.3. The molecule has 0 bridgehead atoms. The van der Waals surface area contributed by atoms with Crippen LogP contribution in [-0.2, 0) is 4.74 Å². The first-order valence-electron chi connectivity index (χ1n) is 5.81. The number of hydrogen-bond acceptors (Lipinski definition) is 3. The Kier molecular flexibility index (Phi) is 7.47. The van der Waals surface area contributed by atoms with E-state index in [2.05, 4.69) is 11.4 Å². The quantitative estimate of drug-likeness (QED) is 0.647. The Morgan fingerprint density at radius 2 is 2.25 bits per heavy atom. The highest BCUT2D eigenvalue weighted by Crippen LogP contribution is 2.06. The van der Waals surface area contributed by atoms with Crippen LogP contribution < -0.4 is 10.1 Å². The Morgan fingerprint density at radius 3 is 3.00 bits per heavy atom. The summed E-state index contributed by atoms with van der Waals surface area (Å²) in [7, 11) is 0. The van der Waals surface area contributed by atoms with Gasteiger partial charge in [-0.2, -0.15) is 0 Å². The van der Waals surface area contributed by atoms with Gasteiger partial charge >= 0.3 is 0 Å². The van der Waals surface area contributed by atoms with Gasteiger partial charge in [-0.3, -0.25) is 0 Å². The standard InChI is InChI=1S/C13H20NO2/c1-2-15-11-6-9-14-10-12-16-13-7-4-3-5-8-13/h3-4,7-8,14H,2,6,9-12H2,1H3. The molecule has 0 aliphatic carbocycles. The van der Waals surface area contributed by atoms with E-state index in [0.717, 1.165) is 38.5 Å². The highest BCUT2D eigenvalue weighted by Gasteiger charge is 1.91. The van der Waals surface area contributed by atoms with Gasteiger partial charge in [0.25, 0.3) is 0 Å². The van der Waals surface area contributed by atoms with Crippen LogP contribution in [0.3, 0.4) is 0 Å². The smallest absolute Gasteiger partial charge is 0.119 e. The Morgan fingerprint density at radius 1 is 1.31 bits per heavy atom. The zero-order valence-corrected chi connectivity index (χ0v) is 9.87. The van der Waals surface area contributed by atoms with Crippen molar-refractivity contribution in [1.82, 2.24) is 5.32 Å². The fourth-order valence-corrected chi connectivity index (χ4v) is 1.28. The summed E-state index contributed by atoms with van der Waals surface area (Å²) < 4.78 is 10.7. The van der Waals surface area contributed by atoms with Crippen LogP contribution in [0.25, 0.3) is 0 Å². The van der Waals surface area contributed by atoms with Crippen LogP contribution >= 0.6 is 0 Å². The molecule has 3 nitrogen and oxygen atoms in total. The fourth-order valence-electron chi connectivity index (χ4n) is 1.28. The molecule has 0 saturated carbocycles. The Hall–Kier alpha value is -1.06. The highest BCUT2D eigenvalue weighted by molar-refractivity contribution is 5.19. The van der Waals surface area contributed by atoms with Crippen LogP contribution in [0, 0.1) is 6.07 Å². The van der Waals surface area contributed by atoms with Gasteiger partial charge in [0.1, 0.15) is 12.4 Å². The Labute approximate surface area is 97.8 Å². The van der Waals surface area contributed by atoms with Crippen molar-refractivity contribution in [3.05, 3.63) is 30.3 Å². The van der Waals surface area contributed by atoms with Crippen molar-refractivity contribution in [2.75, 3.05) is 32.9 Å². The van der Waals surface area contributed by atoms with Crippen LogP contribution in [0.4, 0.5) is 0 Å². The van der Waals surface area contributed by atoms with Crippen molar-refractivity contribution in [3.8, 4) is 5.75 Å². The van der Waals surface area contributed by atoms with E-state index in [1.165, 1.54) is 0 Å². The molecule has 89 valence electrons. The minimum Gasteiger partial charge on any atom is -0.492 e. The monoisotopic (exact) mass is 222 g/mol. The third-order valence-electron chi connectivity index (χ3n) is 2.07. The lowest BCUT2D eigenvalue weighted by atomic mass is 10.3. The second-order valence-corrected chi connectivity index (χ2v) is 3.39. The van der Waals surface area contributed by atoms with Gasteiger partial charge in [-0.1, -0.05) is 12.1 Å². The van der Waals surface area contributed by atoms with Gasteiger partial charge in [0, 0.05) is 19.8 Å². The molecule has 0 unspecified atom stereocenters. The minimum atomic E-state index is 0.687. The first-order chi connectivity index (χ1) is 7.93. The molecule has 0 heterocycles. The van der Waals surface area contributed by atoms with Crippen LogP contribution in [0.2, 0.25) is 0 Å². The van der Waals surface area contributed by atoms with E-state index < -0.39 is 0 Å². The molecule has 0 spiro atoms. The van der Waals surface area contributed by atoms with E-state index in [4.69, 9.17) is 9.47 Å². The number of nitrogens with one attached hydrogen (secondary N) is 1. The Balaban J connectivity index is 1.89. The van der Waals surface area contributed by atoms with Crippen molar-refractivity contribution in [2.45, 2.75) is 13.3 Å². The van der Waals surface area contributed by atoms with Gasteiger partial charge in [0.2, 0.25) is 0 Å². The van der Waals surface area contributed by atoms with Gasteiger partial charge in [0.05, 0.1) is 0 Å². The topological polar surface area (TPSA) is 30.5 Å². The molecular formula is C13H20NO2. The molecule has 16 heavy (non-hydrogen) atoms. The maximum Gasteiger partial charge on any atom is 0.119 e. The third-order valence-corrected chi connectivity index (χ3v) is 2.07. The van der Waals surface area contributed by atoms with Crippen molar-refractivity contribution in [3.63, 3.8) is 0 Å². The van der Waals surface area contributed by atoms with E-state index in [9.17, 15) is 0 Å². The SMILES string of the molecule is CCOCCCNCCOc1c[c]ccc1. The third kappa shape index (κ3) is 6.43. The van der Waals surface area contributed by atoms with Crippen molar-refractivity contribution in [1.29, 1.82) is 0 Å². The summed E-state index contributed by atoms with van der Waals surface area (Å²) >= 11 is 0. The summed E-state index contributed by atoms with van der Waals surface area (Å²) in [4.78, 5) is 0. The van der Waals surface area contributed by atoms with Gasteiger partial charge in [-0.25, -0.2) is 0 Å². The van der Waals surface area contributed by atoms with E-state index in [1.807, 2.05) is 31.2 Å². The molecule has 0 aliphatic rings. The summed E-state index contributed by atoms with van der Waals surface area (Å²) in [6.07, 6.45) is 1.05. The highest BCUT2D eigenvalue weighted by atomic mass is 16.5. The summed E-state index contributed by atoms with van der Waals surface area (Å²) in [6, 6.07) is 10.5. The number of benzene rings is 1. The summed E-state index contributed by atoms with van der Waals surface area (Å²) in [5, 5.41) is 3.30. The molecule has 0 aromatic heterocycles. The van der Waals surface area contributed by atoms with Crippen LogP contribution in [0.15, 0.2) is 24.3 Å². The molecule has 0 amide bonds. The van der Waals surface area contributed by atoms with E-state index in [-0.39, 0.29) is 0 Å². The molecule has 1 radical (unpaired) electrons. The average Bonchev–Trinajstić information content (AvgIpc) is 2.34. The molecule has 0 fully saturated rings. The van der Waals surface area contributed by atoms with Crippen molar-refractivity contribution >= 4 is 0 Å². The molecule has 1 rings (SSSR count). The van der Waals surface area contributed by atoms with Gasteiger partial charge in [-0.05, 0) is 38.1 Å². The zero-order valence-electron chi connectivity index (χ0n) is 9.87. The van der Waals surface area contributed by atoms with Gasteiger partial charge in [0.15, 0.2) is 0 Å². The summed E-state index contributed by atoms with van der Waals surface area (Å²) in [6.45, 7) is 6.17. The first-order valence-corrected chi connectivity index (χ1v) is 5.81. The Bertz CT molecular complexity index is 251. The zero-order chi connectivity index (χ0) is 11.5. The summed E-state index contributed by atoms with van der Waals surface area (Å²) in [5.74, 6) is 0.874. The minimum absolute atomic E-state index is 0.687. The van der Waals surface area contributed by atoms with Crippen molar-refractivity contribution < 1.29 is 9.47 Å². The molecule has 3 heteroatoms. The maximum absolute atomic E-state index is 5.51. The lowest BCUT2D eigenvalue weighted by molar-refractivity contribution is 0.144. The average molecular weight is 222 g/mol. The lowest BCUT2D eigenvalue weighted by Crippen LogP contribution is -2.23. The number of ether oxygens (including phenoxy) is 2. The molecule has 0 saturated heterocycles. The fraction of sp³-hybridized carbons (Fsp3) is 0.538. The summed E-state index contributed by atoms with van der Waals surface area (Å²) in [5.41, 5.74) is 0. The molecular weight excluding hydrogens is 202 g/mol. The predicted octanol–water partition coefficient (Wildman–Crippen LogP) is 1.88. The molecule has 0 aliphatic heterocycles. The van der Waals surface area contributed by atoms with Gasteiger partial charge in [-0.15, -0.1) is 0 Å². The predicted molar refractivity (Wildman–Crippen MR) is 64.8 cm³/mol. The molecule has 0 atom stereocenters. The first kappa shape index (κ1) is 13.0.